The van der Waals surface area contributed by atoms with Gasteiger partial charge in [0.05, 0.1) is 11.8 Å². The minimum atomic E-state index is -0.904. The average Bonchev–Trinajstić information content (AvgIpc) is 2.96. The van der Waals surface area contributed by atoms with E-state index in [1.165, 1.54) is 0 Å². The molecule has 0 spiro atoms. The molecule has 0 aromatic heterocycles. The Bertz CT molecular complexity index is 605. The van der Waals surface area contributed by atoms with Crippen molar-refractivity contribution in [3.05, 3.63) is 35.4 Å². The highest BCUT2D eigenvalue weighted by atomic mass is 19.1. The van der Waals surface area contributed by atoms with Crippen molar-refractivity contribution in [2.24, 2.45) is 11.1 Å². The molecule has 1 aliphatic rings. The van der Waals surface area contributed by atoms with E-state index in [2.05, 4.69) is 10.5 Å². The lowest BCUT2D eigenvalue weighted by molar-refractivity contribution is -0.131. The summed E-state index contributed by atoms with van der Waals surface area (Å²) in [4.78, 5) is 17.0. The van der Waals surface area contributed by atoms with E-state index in [1.807, 2.05) is 13.8 Å². The van der Waals surface area contributed by atoms with Crippen molar-refractivity contribution in [2.45, 2.75) is 38.9 Å². The first kappa shape index (κ1) is 17.3. The van der Waals surface area contributed by atoms with E-state index < -0.39 is 29.7 Å². The van der Waals surface area contributed by atoms with Crippen LogP contribution in [-0.2, 0) is 9.63 Å². The molecule has 0 radical (unpaired) electrons. The van der Waals surface area contributed by atoms with E-state index >= 15 is 0 Å². The third kappa shape index (κ3) is 4.72. The summed E-state index contributed by atoms with van der Waals surface area (Å²) in [6.45, 7) is 4.05. The normalized spacial score (nSPS) is 18.5. The van der Waals surface area contributed by atoms with Gasteiger partial charge in [-0.1, -0.05) is 19.0 Å². The van der Waals surface area contributed by atoms with Crippen LogP contribution in [0, 0.1) is 17.6 Å². The van der Waals surface area contributed by atoms with Gasteiger partial charge in [0.1, 0.15) is 11.6 Å². The molecule has 7 heteroatoms. The number of rotatable bonds is 6. The van der Waals surface area contributed by atoms with Crippen LogP contribution in [0.5, 0.6) is 0 Å². The van der Waals surface area contributed by atoms with Gasteiger partial charge in [0.15, 0.2) is 0 Å². The number of oxime groups is 1. The average molecular weight is 326 g/mol. The number of carbonyl (C=O) groups is 1. The number of aliphatic hydroxyl groups excluding tert-OH is 1. The Morgan fingerprint density at radius 2 is 2.22 bits per heavy atom. The molecular formula is C16H20F2N2O3. The molecule has 1 heterocycles. The van der Waals surface area contributed by atoms with Crippen LogP contribution in [0.3, 0.4) is 0 Å². The number of halogens is 2. The summed E-state index contributed by atoms with van der Waals surface area (Å²) in [5.41, 5.74) is 0.171. The second kappa shape index (κ2) is 7.50. The molecular weight excluding hydrogens is 306 g/mol. The Morgan fingerprint density at radius 1 is 1.48 bits per heavy atom. The van der Waals surface area contributed by atoms with Gasteiger partial charge in [-0.05, 0) is 30.5 Å². The Morgan fingerprint density at radius 3 is 2.91 bits per heavy atom. The van der Waals surface area contributed by atoms with Crippen molar-refractivity contribution in [1.82, 2.24) is 5.32 Å². The molecule has 0 aliphatic carbocycles. The van der Waals surface area contributed by atoms with Crippen LogP contribution < -0.4 is 5.32 Å². The lowest BCUT2D eigenvalue weighted by Gasteiger charge is -2.15. The number of hydrogen-bond acceptors (Lipinski definition) is 4. The maximum Gasteiger partial charge on any atom is 0.264 e. The molecule has 23 heavy (non-hydrogen) atoms. The van der Waals surface area contributed by atoms with Crippen molar-refractivity contribution < 1.29 is 23.5 Å². The fourth-order valence-corrected chi connectivity index (χ4v) is 2.36. The first-order valence-corrected chi connectivity index (χ1v) is 7.50. The molecule has 126 valence electrons. The standard InChI is InChI=1S/C16H20F2N2O3/c1-9(2)5-11(21)8-19-16(22)15-7-14(20-23-15)12-6-10(17)3-4-13(12)18/h3-4,6,9,11,15,21H,5,7-8H2,1-2H3,(H,19,22). The monoisotopic (exact) mass is 326 g/mol. The Labute approximate surface area is 133 Å². The molecule has 2 rings (SSSR count). The molecule has 1 aromatic rings. The van der Waals surface area contributed by atoms with Crippen molar-refractivity contribution in [1.29, 1.82) is 0 Å². The highest BCUT2D eigenvalue weighted by Gasteiger charge is 2.30. The predicted octanol–water partition coefficient (Wildman–Crippen LogP) is 1.98. The van der Waals surface area contributed by atoms with Crippen molar-refractivity contribution in [2.75, 3.05) is 6.54 Å². The third-order valence-electron chi connectivity index (χ3n) is 3.46. The largest absolute Gasteiger partial charge is 0.391 e. The van der Waals surface area contributed by atoms with Crippen LogP contribution in [-0.4, -0.2) is 35.5 Å². The maximum absolute atomic E-state index is 13.7. The summed E-state index contributed by atoms with van der Waals surface area (Å²) < 4.78 is 26.9. The van der Waals surface area contributed by atoms with Crippen molar-refractivity contribution >= 4 is 11.6 Å². The van der Waals surface area contributed by atoms with Gasteiger partial charge in [0, 0.05) is 18.5 Å². The van der Waals surface area contributed by atoms with E-state index in [4.69, 9.17) is 4.84 Å². The van der Waals surface area contributed by atoms with Gasteiger partial charge in [-0.3, -0.25) is 4.79 Å². The van der Waals surface area contributed by atoms with E-state index in [9.17, 15) is 18.7 Å². The molecule has 1 amide bonds. The first-order valence-electron chi connectivity index (χ1n) is 7.50. The number of aliphatic hydroxyl groups is 1. The summed E-state index contributed by atoms with van der Waals surface area (Å²) in [5.74, 6) is -1.34. The number of benzene rings is 1. The first-order chi connectivity index (χ1) is 10.9. The topological polar surface area (TPSA) is 70.9 Å². The number of nitrogens with one attached hydrogen (secondary N) is 1. The van der Waals surface area contributed by atoms with Crippen LogP contribution >= 0.6 is 0 Å². The van der Waals surface area contributed by atoms with Gasteiger partial charge in [0.2, 0.25) is 6.10 Å². The molecule has 2 unspecified atom stereocenters. The number of hydrogen-bond donors (Lipinski definition) is 2. The lowest BCUT2D eigenvalue weighted by atomic mass is 10.0. The molecule has 0 saturated heterocycles. The van der Waals surface area contributed by atoms with Crippen LogP contribution in [0.1, 0.15) is 32.3 Å². The van der Waals surface area contributed by atoms with E-state index in [0.717, 1.165) is 18.2 Å². The van der Waals surface area contributed by atoms with Crippen molar-refractivity contribution in [3.63, 3.8) is 0 Å². The second-order valence-corrected chi connectivity index (χ2v) is 5.99. The van der Waals surface area contributed by atoms with Crippen LogP contribution in [0.15, 0.2) is 23.4 Å². The summed E-state index contributed by atoms with van der Waals surface area (Å²) in [5, 5.41) is 16.0. The van der Waals surface area contributed by atoms with E-state index in [0.29, 0.717) is 12.3 Å². The zero-order chi connectivity index (χ0) is 17.0. The third-order valence-corrected chi connectivity index (χ3v) is 3.46. The summed E-state index contributed by atoms with van der Waals surface area (Å²) in [6.07, 6.45) is -0.922. The minimum absolute atomic E-state index is 0.0138. The zero-order valence-corrected chi connectivity index (χ0v) is 13.1. The molecule has 0 bridgehead atoms. The fourth-order valence-electron chi connectivity index (χ4n) is 2.36. The van der Waals surface area contributed by atoms with E-state index in [1.54, 1.807) is 0 Å². The predicted molar refractivity (Wildman–Crippen MR) is 80.9 cm³/mol. The van der Waals surface area contributed by atoms with Gasteiger partial charge in [-0.15, -0.1) is 0 Å². The summed E-state index contributed by atoms with van der Waals surface area (Å²) >= 11 is 0. The van der Waals surface area contributed by atoms with Crippen LogP contribution in [0.25, 0.3) is 0 Å². The highest BCUT2D eigenvalue weighted by Crippen LogP contribution is 2.20. The quantitative estimate of drug-likeness (QED) is 0.840. The second-order valence-electron chi connectivity index (χ2n) is 5.99. The Kier molecular flexibility index (Phi) is 5.65. The summed E-state index contributed by atoms with van der Waals surface area (Å²) in [7, 11) is 0. The van der Waals surface area contributed by atoms with Crippen molar-refractivity contribution in [3.8, 4) is 0 Å². The van der Waals surface area contributed by atoms with Gasteiger partial charge in [-0.25, -0.2) is 8.78 Å². The van der Waals surface area contributed by atoms with Gasteiger partial charge < -0.3 is 15.3 Å². The molecule has 2 N–H and O–H groups in total. The van der Waals surface area contributed by atoms with Crippen LogP contribution in [0.2, 0.25) is 0 Å². The molecule has 2 atom stereocenters. The smallest absolute Gasteiger partial charge is 0.264 e. The molecule has 0 fully saturated rings. The maximum atomic E-state index is 13.7. The van der Waals surface area contributed by atoms with Gasteiger partial charge in [-0.2, -0.15) is 0 Å². The number of carbonyl (C=O) groups excluding carboxylic acids is 1. The number of amides is 1. The van der Waals surface area contributed by atoms with E-state index in [-0.39, 0.29) is 24.2 Å². The summed E-state index contributed by atoms with van der Waals surface area (Å²) in [6, 6.07) is 3.03. The lowest BCUT2D eigenvalue weighted by Crippen LogP contribution is -2.39. The molecule has 1 aromatic carbocycles. The van der Waals surface area contributed by atoms with Crippen LogP contribution in [0.4, 0.5) is 8.78 Å². The Balaban J connectivity index is 1.89. The molecule has 5 nitrogen and oxygen atoms in total. The highest BCUT2D eigenvalue weighted by molar-refractivity contribution is 6.04. The zero-order valence-electron chi connectivity index (χ0n) is 13.1. The molecule has 1 aliphatic heterocycles. The fraction of sp³-hybridized carbons (Fsp3) is 0.500. The minimum Gasteiger partial charge on any atom is -0.391 e. The van der Waals surface area contributed by atoms with Gasteiger partial charge in [0.25, 0.3) is 5.91 Å². The Hall–Kier alpha value is -2.02. The number of nitrogens with zero attached hydrogens (tertiary/aromatic N) is 1. The van der Waals surface area contributed by atoms with Gasteiger partial charge >= 0.3 is 0 Å². The SMILES string of the molecule is CC(C)CC(O)CNC(=O)C1CC(c2cc(F)ccc2F)=NO1. The molecule has 0 saturated carbocycles.